The van der Waals surface area contributed by atoms with E-state index in [0.717, 1.165) is 16.9 Å². The molecular weight excluding hydrogens is 190 g/mol. The number of nitrogens with zero attached hydrogens (tertiary/aromatic N) is 1. The van der Waals surface area contributed by atoms with Gasteiger partial charge in [0.15, 0.2) is 0 Å². The molecule has 0 atom stereocenters. The molecule has 4 nitrogen and oxygen atoms in total. The fraction of sp³-hybridized carbons (Fsp3) is 0.182. The number of benzene rings is 1. The second kappa shape index (κ2) is 4.04. The second-order valence-corrected chi connectivity index (χ2v) is 3.36. The molecule has 1 aromatic heterocycles. The van der Waals surface area contributed by atoms with Crippen molar-refractivity contribution in [2.45, 2.75) is 13.5 Å². The van der Waals surface area contributed by atoms with Crippen LogP contribution in [0.1, 0.15) is 11.1 Å². The maximum atomic E-state index is 5.64. The normalized spacial score (nSPS) is 10.2. The second-order valence-electron chi connectivity index (χ2n) is 3.36. The molecule has 78 valence electrons. The van der Waals surface area contributed by atoms with Crippen molar-refractivity contribution < 1.29 is 4.74 Å². The smallest absolute Gasteiger partial charge is 0.125 e. The lowest BCUT2D eigenvalue weighted by atomic mass is 10.2. The van der Waals surface area contributed by atoms with Crippen molar-refractivity contribution in [1.29, 1.82) is 0 Å². The van der Waals surface area contributed by atoms with Gasteiger partial charge in [0.1, 0.15) is 18.2 Å². The van der Waals surface area contributed by atoms with Crippen LogP contribution in [0.25, 0.3) is 0 Å². The Hall–Kier alpha value is -1.97. The molecule has 1 heterocycles. The van der Waals surface area contributed by atoms with E-state index in [1.807, 2.05) is 31.2 Å². The molecule has 2 aromatic rings. The van der Waals surface area contributed by atoms with Crippen LogP contribution in [0.2, 0.25) is 0 Å². The number of aromatic amines is 1. The minimum Gasteiger partial charge on any atom is -0.488 e. The molecule has 1 aromatic carbocycles. The summed E-state index contributed by atoms with van der Waals surface area (Å²) >= 11 is 0. The van der Waals surface area contributed by atoms with Gasteiger partial charge in [-0.2, -0.15) is 5.10 Å². The highest BCUT2D eigenvalue weighted by molar-refractivity contribution is 5.37. The quantitative estimate of drug-likeness (QED) is 0.800. The molecule has 0 saturated carbocycles. The lowest BCUT2D eigenvalue weighted by Crippen LogP contribution is -1.99. The van der Waals surface area contributed by atoms with Crippen molar-refractivity contribution in [2.75, 3.05) is 5.73 Å². The number of nitrogen functional groups attached to an aromatic ring is 1. The lowest BCUT2D eigenvalue weighted by molar-refractivity contribution is 0.305. The summed E-state index contributed by atoms with van der Waals surface area (Å²) < 4.78 is 5.62. The molecule has 2 rings (SSSR count). The Balaban J connectivity index is 2.06. The number of para-hydroxylation sites is 1. The maximum Gasteiger partial charge on any atom is 0.125 e. The first-order valence-corrected chi connectivity index (χ1v) is 4.73. The monoisotopic (exact) mass is 203 g/mol. The van der Waals surface area contributed by atoms with Crippen molar-refractivity contribution in [2.24, 2.45) is 0 Å². The predicted octanol–water partition coefficient (Wildman–Crippen LogP) is 1.88. The molecule has 0 aliphatic carbocycles. The van der Waals surface area contributed by atoms with E-state index >= 15 is 0 Å². The van der Waals surface area contributed by atoms with Crippen molar-refractivity contribution >= 4 is 5.82 Å². The Morgan fingerprint density at radius 1 is 1.40 bits per heavy atom. The van der Waals surface area contributed by atoms with Gasteiger partial charge in [-0.25, -0.2) is 0 Å². The van der Waals surface area contributed by atoms with Gasteiger partial charge in [0.05, 0.1) is 11.8 Å². The van der Waals surface area contributed by atoms with E-state index in [0.29, 0.717) is 12.4 Å². The Bertz CT molecular complexity index is 451. The zero-order chi connectivity index (χ0) is 10.7. The highest BCUT2D eigenvalue weighted by Crippen LogP contribution is 2.18. The summed E-state index contributed by atoms with van der Waals surface area (Å²) in [7, 11) is 0. The van der Waals surface area contributed by atoms with Crippen LogP contribution in [0.15, 0.2) is 30.5 Å². The predicted molar refractivity (Wildman–Crippen MR) is 58.5 cm³/mol. The number of anilines is 1. The third kappa shape index (κ3) is 2.10. The molecule has 4 heteroatoms. The Labute approximate surface area is 88.1 Å². The summed E-state index contributed by atoms with van der Waals surface area (Å²) in [6.07, 6.45) is 1.67. The van der Waals surface area contributed by atoms with E-state index in [9.17, 15) is 0 Å². The highest BCUT2D eigenvalue weighted by Gasteiger charge is 2.03. The van der Waals surface area contributed by atoms with Gasteiger partial charge in [0.25, 0.3) is 0 Å². The van der Waals surface area contributed by atoms with Gasteiger partial charge in [0.2, 0.25) is 0 Å². The van der Waals surface area contributed by atoms with Crippen LogP contribution in [0.3, 0.4) is 0 Å². The molecule has 0 bridgehead atoms. The van der Waals surface area contributed by atoms with Crippen LogP contribution in [-0.4, -0.2) is 10.2 Å². The fourth-order valence-corrected chi connectivity index (χ4v) is 1.31. The number of hydrogen-bond donors (Lipinski definition) is 2. The van der Waals surface area contributed by atoms with Crippen LogP contribution in [-0.2, 0) is 6.61 Å². The molecule has 15 heavy (non-hydrogen) atoms. The maximum absolute atomic E-state index is 5.64. The number of nitrogens with two attached hydrogens (primary N) is 1. The third-order valence-corrected chi connectivity index (χ3v) is 2.23. The first kappa shape index (κ1) is 9.58. The Morgan fingerprint density at radius 3 is 2.87 bits per heavy atom. The van der Waals surface area contributed by atoms with Gasteiger partial charge in [-0.3, -0.25) is 5.10 Å². The lowest BCUT2D eigenvalue weighted by Gasteiger charge is -2.07. The van der Waals surface area contributed by atoms with E-state index in [-0.39, 0.29) is 0 Å². The van der Waals surface area contributed by atoms with Crippen molar-refractivity contribution in [1.82, 2.24) is 10.2 Å². The minimum absolute atomic E-state index is 0.438. The minimum atomic E-state index is 0.438. The summed E-state index contributed by atoms with van der Waals surface area (Å²) in [6, 6.07) is 7.87. The fourth-order valence-electron chi connectivity index (χ4n) is 1.31. The molecule has 0 radical (unpaired) electrons. The topological polar surface area (TPSA) is 63.9 Å². The average molecular weight is 203 g/mol. The summed E-state index contributed by atoms with van der Waals surface area (Å²) in [5.74, 6) is 1.43. The molecule has 0 aliphatic rings. The van der Waals surface area contributed by atoms with Gasteiger partial charge in [-0.05, 0) is 18.6 Å². The van der Waals surface area contributed by atoms with E-state index < -0.39 is 0 Å². The van der Waals surface area contributed by atoms with E-state index in [1.54, 1.807) is 6.20 Å². The number of aryl methyl sites for hydroxylation is 1. The number of ether oxygens (including phenoxy) is 1. The van der Waals surface area contributed by atoms with Gasteiger partial charge in [-0.15, -0.1) is 0 Å². The van der Waals surface area contributed by atoms with Crippen molar-refractivity contribution in [3.63, 3.8) is 0 Å². The van der Waals surface area contributed by atoms with Crippen LogP contribution in [0.4, 0.5) is 5.82 Å². The summed E-state index contributed by atoms with van der Waals surface area (Å²) in [5.41, 5.74) is 7.63. The van der Waals surface area contributed by atoms with Gasteiger partial charge in [-0.1, -0.05) is 18.2 Å². The molecule has 0 amide bonds. The third-order valence-electron chi connectivity index (χ3n) is 2.23. The standard InChI is InChI=1S/C11H13N3O/c1-8-4-2-3-5-10(8)15-7-9-6-13-14-11(9)12/h2-6H,7H2,1H3,(H3,12,13,14). The van der Waals surface area contributed by atoms with Crippen LogP contribution < -0.4 is 10.5 Å². The number of rotatable bonds is 3. The number of H-pyrrole nitrogens is 1. The zero-order valence-electron chi connectivity index (χ0n) is 8.53. The van der Waals surface area contributed by atoms with Crippen LogP contribution in [0, 0.1) is 6.92 Å². The number of hydrogen-bond acceptors (Lipinski definition) is 3. The SMILES string of the molecule is Cc1ccccc1OCc1cn[nH]c1N. The Kier molecular flexibility index (Phi) is 2.58. The summed E-state index contributed by atoms with van der Waals surface area (Å²) in [6.45, 7) is 2.45. The molecular formula is C11H13N3O. The number of nitrogens with one attached hydrogen (secondary N) is 1. The molecule has 0 fully saturated rings. The summed E-state index contributed by atoms with van der Waals surface area (Å²) in [4.78, 5) is 0. The molecule has 0 spiro atoms. The first-order chi connectivity index (χ1) is 7.27. The highest BCUT2D eigenvalue weighted by atomic mass is 16.5. The van der Waals surface area contributed by atoms with Crippen molar-refractivity contribution in [3.8, 4) is 5.75 Å². The molecule has 0 unspecified atom stereocenters. The van der Waals surface area contributed by atoms with Gasteiger partial charge in [0, 0.05) is 0 Å². The molecule has 0 saturated heterocycles. The summed E-state index contributed by atoms with van der Waals surface area (Å²) in [5, 5.41) is 6.49. The van der Waals surface area contributed by atoms with E-state index in [4.69, 9.17) is 10.5 Å². The van der Waals surface area contributed by atoms with Crippen LogP contribution in [0.5, 0.6) is 5.75 Å². The van der Waals surface area contributed by atoms with E-state index in [2.05, 4.69) is 10.2 Å². The molecule has 0 aliphatic heterocycles. The zero-order valence-corrected chi connectivity index (χ0v) is 8.53. The average Bonchev–Trinajstić information content (AvgIpc) is 2.63. The first-order valence-electron chi connectivity index (χ1n) is 4.73. The van der Waals surface area contributed by atoms with Gasteiger partial charge < -0.3 is 10.5 Å². The van der Waals surface area contributed by atoms with Crippen LogP contribution >= 0.6 is 0 Å². The number of aromatic nitrogens is 2. The Morgan fingerprint density at radius 2 is 2.20 bits per heavy atom. The molecule has 3 N–H and O–H groups in total. The van der Waals surface area contributed by atoms with Gasteiger partial charge >= 0.3 is 0 Å². The largest absolute Gasteiger partial charge is 0.488 e. The van der Waals surface area contributed by atoms with E-state index in [1.165, 1.54) is 0 Å². The van der Waals surface area contributed by atoms with Crippen molar-refractivity contribution in [3.05, 3.63) is 41.6 Å².